The number of urea groups is 1. The number of carbonyl (C=O) groups excluding carboxylic acids is 2. The van der Waals surface area contributed by atoms with Crippen LogP contribution in [0.1, 0.15) is 13.3 Å². The van der Waals surface area contributed by atoms with Crippen LogP contribution < -0.4 is 29.7 Å². The summed E-state index contributed by atoms with van der Waals surface area (Å²) in [6.45, 7) is 2.90. The van der Waals surface area contributed by atoms with Gasteiger partial charge in [0.2, 0.25) is 5.91 Å². The van der Waals surface area contributed by atoms with Crippen LogP contribution in [0.15, 0.2) is 42.5 Å². The van der Waals surface area contributed by atoms with Crippen molar-refractivity contribution in [3.63, 3.8) is 0 Å². The highest BCUT2D eigenvalue weighted by molar-refractivity contribution is 5.98. The van der Waals surface area contributed by atoms with Crippen LogP contribution in [0.25, 0.3) is 0 Å². The van der Waals surface area contributed by atoms with Gasteiger partial charge in [0.1, 0.15) is 17.2 Å². The third-order valence-corrected chi connectivity index (χ3v) is 4.57. The summed E-state index contributed by atoms with van der Waals surface area (Å²) in [4.78, 5) is 26.5. The minimum Gasteiger partial charge on any atom is -0.497 e. The van der Waals surface area contributed by atoms with Gasteiger partial charge in [0.05, 0.1) is 32.6 Å². The predicted octanol–water partition coefficient (Wildman–Crippen LogP) is 3.03. The van der Waals surface area contributed by atoms with E-state index in [0.717, 1.165) is 11.4 Å². The molecule has 1 saturated heterocycles. The second-order valence-electron chi connectivity index (χ2n) is 6.50. The van der Waals surface area contributed by atoms with Crippen LogP contribution in [-0.4, -0.2) is 45.4 Å². The van der Waals surface area contributed by atoms with Gasteiger partial charge in [0.15, 0.2) is 0 Å². The summed E-state index contributed by atoms with van der Waals surface area (Å²) >= 11 is 0. The van der Waals surface area contributed by atoms with Crippen LogP contribution in [0.2, 0.25) is 0 Å². The maximum Gasteiger partial charge on any atom is 0.319 e. The Balaban J connectivity index is 1.61. The largest absolute Gasteiger partial charge is 0.497 e. The summed E-state index contributed by atoms with van der Waals surface area (Å²) in [6, 6.07) is 11.7. The van der Waals surface area contributed by atoms with Gasteiger partial charge >= 0.3 is 6.03 Å². The Hall–Kier alpha value is -3.42. The van der Waals surface area contributed by atoms with Crippen molar-refractivity contribution >= 4 is 23.3 Å². The van der Waals surface area contributed by atoms with Gasteiger partial charge in [-0.15, -0.1) is 0 Å². The fourth-order valence-corrected chi connectivity index (χ4v) is 3.20. The van der Waals surface area contributed by atoms with E-state index in [1.54, 1.807) is 30.2 Å². The molecular formula is C21H25N3O5. The quantitative estimate of drug-likeness (QED) is 0.747. The topological polar surface area (TPSA) is 89.1 Å². The molecule has 0 unspecified atom stereocenters. The summed E-state index contributed by atoms with van der Waals surface area (Å²) < 4.78 is 15.9. The van der Waals surface area contributed by atoms with E-state index in [2.05, 4.69) is 10.6 Å². The first kappa shape index (κ1) is 20.3. The minimum atomic E-state index is -0.414. The van der Waals surface area contributed by atoms with E-state index in [1.807, 2.05) is 31.2 Å². The molecule has 2 aromatic rings. The van der Waals surface area contributed by atoms with Crippen molar-refractivity contribution in [1.82, 2.24) is 5.32 Å². The van der Waals surface area contributed by atoms with Gasteiger partial charge in [0.25, 0.3) is 0 Å². The third kappa shape index (κ3) is 4.90. The molecule has 0 spiro atoms. The highest BCUT2D eigenvalue weighted by Gasteiger charge is 2.31. The van der Waals surface area contributed by atoms with Gasteiger partial charge in [-0.05, 0) is 43.3 Å². The molecule has 0 aliphatic carbocycles. The standard InChI is InChI=1S/C21H25N3O5/c1-4-29-16-7-5-15(6-8-16)24-13-14(11-20(24)25)22-21(26)23-18-12-17(27-2)9-10-19(18)28-3/h5-10,12,14H,4,11,13H2,1-3H3,(H2,22,23,26)/t14-/m0/s1. The summed E-state index contributed by atoms with van der Waals surface area (Å²) in [7, 11) is 3.07. The maximum atomic E-state index is 12.4. The van der Waals surface area contributed by atoms with Crippen molar-refractivity contribution < 1.29 is 23.8 Å². The molecule has 2 N–H and O–H groups in total. The van der Waals surface area contributed by atoms with E-state index in [0.29, 0.717) is 30.3 Å². The molecule has 1 atom stereocenters. The van der Waals surface area contributed by atoms with Crippen LogP contribution in [-0.2, 0) is 4.79 Å². The lowest BCUT2D eigenvalue weighted by atomic mass is 10.2. The molecular weight excluding hydrogens is 374 g/mol. The number of methoxy groups -OCH3 is 2. The molecule has 3 rings (SSSR count). The lowest BCUT2D eigenvalue weighted by Crippen LogP contribution is -2.39. The van der Waals surface area contributed by atoms with E-state index in [-0.39, 0.29) is 18.4 Å². The van der Waals surface area contributed by atoms with Crippen LogP contribution in [0.5, 0.6) is 17.2 Å². The highest BCUT2D eigenvalue weighted by atomic mass is 16.5. The number of hydrogen-bond donors (Lipinski definition) is 2. The van der Waals surface area contributed by atoms with Crippen LogP contribution in [0, 0.1) is 0 Å². The predicted molar refractivity (Wildman–Crippen MR) is 110 cm³/mol. The second-order valence-corrected chi connectivity index (χ2v) is 6.50. The Kier molecular flexibility index (Phi) is 6.43. The van der Waals surface area contributed by atoms with Crippen molar-refractivity contribution in [3.8, 4) is 17.2 Å². The van der Waals surface area contributed by atoms with Gasteiger partial charge in [-0.1, -0.05) is 0 Å². The number of rotatable bonds is 7. The normalized spacial score (nSPS) is 15.8. The first-order chi connectivity index (χ1) is 14.0. The lowest BCUT2D eigenvalue weighted by molar-refractivity contribution is -0.117. The van der Waals surface area contributed by atoms with Crippen molar-refractivity contribution in [2.24, 2.45) is 0 Å². The number of carbonyl (C=O) groups is 2. The molecule has 29 heavy (non-hydrogen) atoms. The monoisotopic (exact) mass is 399 g/mol. The lowest BCUT2D eigenvalue weighted by Gasteiger charge is -2.18. The Morgan fingerprint density at radius 1 is 1.10 bits per heavy atom. The van der Waals surface area contributed by atoms with E-state index in [9.17, 15) is 9.59 Å². The first-order valence-corrected chi connectivity index (χ1v) is 9.36. The molecule has 1 fully saturated rings. The molecule has 2 aromatic carbocycles. The van der Waals surface area contributed by atoms with Crippen LogP contribution >= 0.6 is 0 Å². The van der Waals surface area contributed by atoms with E-state index < -0.39 is 6.03 Å². The molecule has 1 aliphatic rings. The molecule has 8 heteroatoms. The zero-order valence-corrected chi connectivity index (χ0v) is 16.7. The highest BCUT2D eigenvalue weighted by Crippen LogP contribution is 2.29. The number of amides is 3. The summed E-state index contributed by atoms with van der Waals surface area (Å²) in [5.41, 5.74) is 1.26. The summed E-state index contributed by atoms with van der Waals surface area (Å²) in [5.74, 6) is 1.82. The van der Waals surface area contributed by atoms with Gasteiger partial charge in [-0.3, -0.25) is 4.79 Å². The summed E-state index contributed by atoms with van der Waals surface area (Å²) in [6.07, 6.45) is 0.232. The molecule has 1 heterocycles. The molecule has 0 aromatic heterocycles. The molecule has 3 amide bonds. The minimum absolute atomic E-state index is 0.0431. The third-order valence-electron chi connectivity index (χ3n) is 4.57. The average molecular weight is 399 g/mol. The Morgan fingerprint density at radius 2 is 1.83 bits per heavy atom. The van der Waals surface area contributed by atoms with Gasteiger partial charge in [-0.2, -0.15) is 0 Å². The Labute approximate surface area is 169 Å². The maximum absolute atomic E-state index is 12.4. The second kappa shape index (κ2) is 9.18. The van der Waals surface area contributed by atoms with Gasteiger partial charge in [0, 0.05) is 24.7 Å². The molecule has 1 aliphatic heterocycles. The SMILES string of the molecule is CCOc1ccc(N2C[C@@H](NC(=O)Nc3cc(OC)ccc3OC)CC2=O)cc1. The summed E-state index contributed by atoms with van der Waals surface area (Å²) in [5, 5.41) is 5.60. The van der Waals surface area contributed by atoms with Gasteiger partial charge in [-0.25, -0.2) is 4.79 Å². The van der Waals surface area contributed by atoms with Gasteiger partial charge < -0.3 is 29.7 Å². The Morgan fingerprint density at radius 3 is 2.48 bits per heavy atom. The number of benzene rings is 2. The van der Waals surface area contributed by atoms with E-state index in [4.69, 9.17) is 14.2 Å². The van der Waals surface area contributed by atoms with Crippen LogP contribution in [0.4, 0.5) is 16.2 Å². The fraction of sp³-hybridized carbons (Fsp3) is 0.333. The van der Waals surface area contributed by atoms with Crippen molar-refractivity contribution in [3.05, 3.63) is 42.5 Å². The molecule has 154 valence electrons. The van der Waals surface area contributed by atoms with Crippen molar-refractivity contribution in [2.75, 3.05) is 37.6 Å². The fourth-order valence-electron chi connectivity index (χ4n) is 3.20. The van der Waals surface area contributed by atoms with E-state index in [1.165, 1.54) is 7.11 Å². The molecule has 0 saturated carbocycles. The number of anilines is 2. The number of ether oxygens (including phenoxy) is 3. The first-order valence-electron chi connectivity index (χ1n) is 9.36. The Bertz CT molecular complexity index is 869. The van der Waals surface area contributed by atoms with Crippen molar-refractivity contribution in [2.45, 2.75) is 19.4 Å². The zero-order chi connectivity index (χ0) is 20.8. The molecule has 0 bridgehead atoms. The average Bonchev–Trinajstić information content (AvgIpc) is 3.08. The van der Waals surface area contributed by atoms with Crippen LogP contribution in [0.3, 0.4) is 0 Å². The number of hydrogen-bond acceptors (Lipinski definition) is 5. The molecule has 0 radical (unpaired) electrons. The number of nitrogens with zero attached hydrogens (tertiary/aromatic N) is 1. The van der Waals surface area contributed by atoms with Crippen molar-refractivity contribution in [1.29, 1.82) is 0 Å². The van der Waals surface area contributed by atoms with E-state index >= 15 is 0 Å². The zero-order valence-electron chi connectivity index (χ0n) is 16.7. The number of nitrogens with one attached hydrogen (secondary N) is 2. The smallest absolute Gasteiger partial charge is 0.319 e. The molecule has 8 nitrogen and oxygen atoms in total.